The van der Waals surface area contributed by atoms with Crippen molar-refractivity contribution in [2.75, 3.05) is 32.7 Å². The Kier molecular flexibility index (Phi) is 5.14. The van der Waals surface area contributed by atoms with Crippen LogP contribution in [-0.2, 0) is 0 Å². The molecular formula is C19H28N2O. The van der Waals surface area contributed by atoms with Gasteiger partial charge in [0.25, 0.3) is 5.91 Å². The molecule has 0 saturated carbocycles. The summed E-state index contributed by atoms with van der Waals surface area (Å²) in [7, 11) is 0. The van der Waals surface area contributed by atoms with Crippen molar-refractivity contribution in [3.8, 4) is 0 Å². The maximum Gasteiger partial charge on any atom is 0.253 e. The highest BCUT2D eigenvalue weighted by Crippen LogP contribution is 2.22. The smallest absolute Gasteiger partial charge is 0.253 e. The first-order chi connectivity index (χ1) is 10.7. The Bertz CT molecular complexity index is 479. The zero-order valence-electron chi connectivity index (χ0n) is 13.7. The van der Waals surface area contributed by atoms with Gasteiger partial charge < -0.3 is 9.80 Å². The molecule has 0 N–H and O–H groups in total. The molecule has 2 aliphatic heterocycles. The molecule has 1 amide bonds. The van der Waals surface area contributed by atoms with Crippen LogP contribution in [0.2, 0.25) is 0 Å². The van der Waals surface area contributed by atoms with Crippen molar-refractivity contribution in [2.45, 2.75) is 32.6 Å². The summed E-state index contributed by atoms with van der Waals surface area (Å²) in [6, 6.07) is 9.72. The van der Waals surface area contributed by atoms with Gasteiger partial charge in [-0.3, -0.25) is 4.79 Å². The number of hydrogen-bond donors (Lipinski definition) is 0. The van der Waals surface area contributed by atoms with Crippen LogP contribution in [-0.4, -0.2) is 48.4 Å². The topological polar surface area (TPSA) is 23.6 Å². The second-order valence-electron chi connectivity index (χ2n) is 7.11. The first-order valence-corrected chi connectivity index (χ1v) is 8.79. The first-order valence-electron chi connectivity index (χ1n) is 8.79. The molecule has 2 fully saturated rings. The standard InChI is InChI=1S/C19H28N2O/c1-16-9-12-20(13-10-16)14-17-6-5-11-21(15-17)19(22)18-7-3-2-4-8-18/h2-4,7-8,16-17H,5-6,9-15H2,1H3/t17-/m0/s1. The molecule has 22 heavy (non-hydrogen) atoms. The summed E-state index contributed by atoms with van der Waals surface area (Å²) in [6.45, 7) is 7.86. The number of rotatable bonds is 3. The van der Waals surface area contributed by atoms with E-state index in [1.165, 1.54) is 38.9 Å². The van der Waals surface area contributed by atoms with Crippen LogP contribution < -0.4 is 0 Å². The summed E-state index contributed by atoms with van der Waals surface area (Å²) in [6.07, 6.45) is 5.08. The minimum absolute atomic E-state index is 0.206. The Morgan fingerprint density at radius 3 is 2.55 bits per heavy atom. The van der Waals surface area contributed by atoms with Crippen molar-refractivity contribution >= 4 is 5.91 Å². The van der Waals surface area contributed by atoms with Gasteiger partial charge in [-0.05, 0) is 62.7 Å². The molecule has 3 nitrogen and oxygen atoms in total. The Morgan fingerprint density at radius 1 is 1.09 bits per heavy atom. The van der Waals surface area contributed by atoms with E-state index in [0.717, 1.165) is 31.0 Å². The second kappa shape index (κ2) is 7.28. The van der Waals surface area contributed by atoms with E-state index < -0.39 is 0 Å². The van der Waals surface area contributed by atoms with Gasteiger partial charge in [-0.1, -0.05) is 25.1 Å². The van der Waals surface area contributed by atoms with Crippen LogP contribution in [0.15, 0.2) is 30.3 Å². The van der Waals surface area contributed by atoms with Crippen LogP contribution in [0, 0.1) is 11.8 Å². The van der Waals surface area contributed by atoms with Gasteiger partial charge in [-0.25, -0.2) is 0 Å². The normalized spacial score (nSPS) is 24.4. The predicted octanol–water partition coefficient (Wildman–Crippen LogP) is 3.27. The summed E-state index contributed by atoms with van der Waals surface area (Å²) in [5.41, 5.74) is 0.829. The molecule has 2 saturated heterocycles. The molecule has 0 aromatic heterocycles. The monoisotopic (exact) mass is 300 g/mol. The number of nitrogens with zero attached hydrogens (tertiary/aromatic N) is 2. The molecule has 2 aliphatic rings. The molecule has 0 aliphatic carbocycles. The van der Waals surface area contributed by atoms with Crippen LogP contribution in [0.25, 0.3) is 0 Å². The molecule has 0 spiro atoms. The van der Waals surface area contributed by atoms with E-state index in [-0.39, 0.29) is 5.91 Å². The van der Waals surface area contributed by atoms with Gasteiger partial charge in [-0.2, -0.15) is 0 Å². The summed E-state index contributed by atoms with van der Waals surface area (Å²) in [5, 5.41) is 0. The molecule has 120 valence electrons. The van der Waals surface area contributed by atoms with E-state index in [1.807, 2.05) is 30.3 Å². The van der Waals surface area contributed by atoms with E-state index in [0.29, 0.717) is 5.92 Å². The Morgan fingerprint density at radius 2 is 1.82 bits per heavy atom. The lowest BCUT2D eigenvalue weighted by Gasteiger charge is -2.37. The largest absolute Gasteiger partial charge is 0.338 e. The molecule has 3 heteroatoms. The van der Waals surface area contributed by atoms with Gasteiger partial charge in [-0.15, -0.1) is 0 Å². The van der Waals surface area contributed by atoms with Crippen LogP contribution >= 0.6 is 0 Å². The van der Waals surface area contributed by atoms with Crippen molar-refractivity contribution < 1.29 is 4.79 Å². The third-order valence-corrected chi connectivity index (χ3v) is 5.22. The van der Waals surface area contributed by atoms with Crippen molar-refractivity contribution in [2.24, 2.45) is 11.8 Å². The highest BCUT2D eigenvalue weighted by atomic mass is 16.2. The molecule has 3 rings (SSSR count). The van der Waals surface area contributed by atoms with Crippen LogP contribution in [0.3, 0.4) is 0 Å². The van der Waals surface area contributed by atoms with Crippen molar-refractivity contribution in [1.82, 2.24) is 9.80 Å². The van der Waals surface area contributed by atoms with E-state index in [9.17, 15) is 4.79 Å². The third kappa shape index (κ3) is 3.89. The van der Waals surface area contributed by atoms with Crippen LogP contribution in [0.5, 0.6) is 0 Å². The van der Waals surface area contributed by atoms with E-state index in [1.54, 1.807) is 0 Å². The minimum Gasteiger partial charge on any atom is -0.338 e. The fraction of sp³-hybridized carbons (Fsp3) is 0.632. The highest BCUT2D eigenvalue weighted by Gasteiger charge is 2.26. The molecule has 1 atom stereocenters. The fourth-order valence-corrected chi connectivity index (χ4v) is 3.77. The zero-order valence-corrected chi connectivity index (χ0v) is 13.7. The van der Waals surface area contributed by atoms with Gasteiger partial charge >= 0.3 is 0 Å². The summed E-state index contributed by atoms with van der Waals surface area (Å²) < 4.78 is 0. The number of piperidine rings is 2. The van der Waals surface area contributed by atoms with Gasteiger partial charge in [0.2, 0.25) is 0 Å². The lowest BCUT2D eigenvalue weighted by Crippen LogP contribution is -2.45. The Hall–Kier alpha value is -1.35. The van der Waals surface area contributed by atoms with Crippen molar-refractivity contribution in [1.29, 1.82) is 0 Å². The number of likely N-dealkylation sites (tertiary alicyclic amines) is 2. The number of benzene rings is 1. The second-order valence-corrected chi connectivity index (χ2v) is 7.11. The van der Waals surface area contributed by atoms with Crippen LogP contribution in [0.4, 0.5) is 0 Å². The number of amides is 1. The van der Waals surface area contributed by atoms with E-state index >= 15 is 0 Å². The van der Waals surface area contributed by atoms with Crippen LogP contribution in [0.1, 0.15) is 43.0 Å². The average molecular weight is 300 g/mol. The first kappa shape index (κ1) is 15.5. The molecule has 1 aromatic rings. The number of hydrogen-bond acceptors (Lipinski definition) is 2. The Labute approximate surface area is 134 Å². The third-order valence-electron chi connectivity index (χ3n) is 5.22. The van der Waals surface area contributed by atoms with Gasteiger partial charge in [0.15, 0.2) is 0 Å². The van der Waals surface area contributed by atoms with E-state index in [2.05, 4.69) is 16.7 Å². The quantitative estimate of drug-likeness (QED) is 0.855. The molecule has 0 unspecified atom stereocenters. The molecule has 2 heterocycles. The predicted molar refractivity (Wildman–Crippen MR) is 89.9 cm³/mol. The zero-order chi connectivity index (χ0) is 15.4. The van der Waals surface area contributed by atoms with Crippen molar-refractivity contribution in [3.63, 3.8) is 0 Å². The molecule has 1 aromatic carbocycles. The molecular weight excluding hydrogens is 272 g/mol. The summed E-state index contributed by atoms with van der Waals surface area (Å²) in [4.78, 5) is 17.3. The maximum absolute atomic E-state index is 12.6. The van der Waals surface area contributed by atoms with Gasteiger partial charge in [0.1, 0.15) is 0 Å². The number of carbonyl (C=O) groups excluding carboxylic acids is 1. The fourth-order valence-electron chi connectivity index (χ4n) is 3.77. The average Bonchev–Trinajstić information content (AvgIpc) is 2.57. The van der Waals surface area contributed by atoms with Gasteiger partial charge in [0, 0.05) is 25.2 Å². The SMILES string of the molecule is CC1CCN(C[C@@H]2CCCN(C(=O)c3ccccc3)C2)CC1. The van der Waals surface area contributed by atoms with E-state index in [4.69, 9.17) is 0 Å². The van der Waals surface area contributed by atoms with Crippen molar-refractivity contribution in [3.05, 3.63) is 35.9 Å². The number of carbonyl (C=O) groups is 1. The lowest BCUT2D eigenvalue weighted by atomic mass is 9.94. The maximum atomic E-state index is 12.6. The Balaban J connectivity index is 1.54. The lowest BCUT2D eigenvalue weighted by molar-refractivity contribution is 0.0622. The summed E-state index contributed by atoms with van der Waals surface area (Å²) in [5.74, 6) is 1.74. The summed E-state index contributed by atoms with van der Waals surface area (Å²) >= 11 is 0. The molecule has 0 radical (unpaired) electrons. The minimum atomic E-state index is 0.206. The highest BCUT2D eigenvalue weighted by molar-refractivity contribution is 5.94. The molecule has 0 bridgehead atoms. The van der Waals surface area contributed by atoms with Gasteiger partial charge in [0.05, 0.1) is 0 Å².